The number of imidazole rings is 1. The molecule has 0 atom stereocenters. The van der Waals surface area contributed by atoms with Crippen LogP contribution in [0.2, 0.25) is 0 Å². The molecule has 0 aliphatic carbocycles. The molecule has 0 saturated heterocycles. The largest absolute Gasteiger partial charge is 0.487 e. The summed E-state index contributed by atoms with van der Waals surface area (Å²) < 4.78 is 11.8. The Morgan fingerprint density at radius 1 is 1.36 bits per heavy atom. The molecule has 10 heteroatoms. The van der Waals surface area contributed by atoms with Gasteiger partial charge >= 0.3 is 11.7 Å². The molecule has 3 rings (SSSR count). The van der Waals surface area contributed by atoms with Crippen LogP contribution in [-0.4, -0.2) is 39.8 Å². The third-order valence-electron chi connectivity index (χ3n) is 3.88. The van der Waals surface area contributed by atoms with Crippen LogP contribution >= 0.6 is 11.3 Å². The molecule has 0 spiro atoms. The van der Waals surface area contributed by atoms with Gasteiger partial charge in [0, 0.05) is 22.7 Å². The molecule has 0 bridgehead atoms. The number of fused-ring (bicyclic) bond motifs is 1. The molecule has 2 aromatic heterocycles. The molecule has 0 saturated carbocycles. The monoisotopic (exact) mass is 403 g/mol. The summed E-state index contributed by atoms with van der Waals surface area (Å²) in [5, 5.41) is 11.3. The van der Waals surface area contributed by atoms with Gasteiger partial charge in [0.05, 0.1) is 24.6 Å². The average Bonchev–Trinajstić information content (AvgIpc) is 3.19. The van der Waals surface area contributed by atoms with Crippen molar-refractivity contribution in [1.82, 2.24) is 9.38 Å². The maximum Gasteiger partial charge on any atom is 0.311 e. The van der Waals surface area contributed by atoms with Crippen LogP contribution in [-0.2, 0) is 16.0 Å². The number of carbonyl (C=O) groups excluding carboxylic acids is 2. The number of aromatic nitrogens is 2. The standard InChI is InChI=1S/C18H17N3O6S/c1-3-26-15-6-5-11(7-13(15)21(24)25)17-14(10-22)20-9-12(28-18(20)19-17)8-16(23)27-4-2/h5-7,9-10H,3-4,8H2,1-2H3. The average molecular weight is 403 g/mol. The Morgan fingerprint density at radius 2 is 2.14 bits per heavy atom. The van der Waals surface area contributed by atoms with Gasteiger partial charge in [-0.25, -0.2) is 4.98 Å². The zero-order valence-electron chi connectivity index (χ0n) is 15.2. The van der Waals surface area contributed by atoms with Crippen LogP contribution in [0.5, 0.6) is 5.75 Å². The fraction of sp³-hybridized carbons (Fsp3) is 0.278. The minimum absolute atomic E-state index is 0.0873. The van der Waals surface area contributed by atoms with Crippen molar-refractivity contribution in [2.75, 3.05) is 13.2 Å². The van der Waals surface area contributed by atoms with Crippen LogP contribution in [0, 0.1) is 10.1 Å². The highest BCUT2D eigenvalue weighted by Gasteiger charge is 2.21. The summed E-state index contributed by atoms with van der Waals surface area (Å²) in [4.78, 5) is 39.8. The summed E-state index contributed by atoms with van der Waals surface area (Å²) >= 11 is 1.25. The molecule has 9 nitrogen and oxygen atoms in total. The van der Waals surface area contributed by atoms with Crippen LogP contribution in [0.3, 0.4) is 0 Å². The Hall–Kier alpha value is -3.27. The Kier molecular flexibility index (Phi) is 5.69. The van der Waals surface area contributed by atoms with Crippen LogP contribution in [0.25, 0.3) is 16.2 Å². The predicted molar refractivity (Wildman–Crippen MR) is 102 cm³/mol. The van der Waals surface area contributed by atoms with E-state index in [4.69, 9.17) is 9.47 Å². The first-order valence-corrected chi connectivity index (χ1v) is 9.33. The number of nitro benzene ring substituents is 1. The second-order valence-corrected chi connectivity index (χ2v) is 6.76. The number of carbonyl (C=O) groups is 2. The summed E-state index contributed by atoms with van der Waals surface area (Å²) in [7, 11) is 0. The molecule has 0 aliphatic rings. The van der Waals surface area contributed by atoms with E-state index in [1.54, 1.807) is 30.5 Å². The zero-order valence-corrected chi connectivity index (χ0v) is 16.0. The first-order chi connectivity index (χ1) is 13.5. The van der Waals surface area contributed by atoms with Crippen LogP contribution in [0.15, 0.2) is 24.4 Å². The Labute approximate surface area is 163 Å². The number of hydrogen-bond acceptors (Lipinski definition) is 8. The third-order valence-corrected chi connectivity index (χ3v) is 4.86. The number of hydrogen-bond donors (Lipinski definition) is 0. The minimum Gasteiger partial charge on any atom is -0.487 e. The lowest BCUT2D eigenvalue weighted by Gasteiger charge is -2.06. The molecule has 0 N–H and O–H groups in total. The number of esters is 1. The number of nitrogens with zero attached hydrogens (tertiary/aromatic N) is 3. The summed E-state index contributed by atoms with van der Waals surface area (Å²) in [6.45, 7) is 4.05. The van der Waals surface area contributed by atoms with Crippen molar-refractivity contribution in [2.45, 2.75) is 20.3 Å². The normalized spacial score (nSPS) is 10.8. The van der Waals surface area contributed by atoms with Crippen molar-refractivity contribution in [2.24, 2.45) is 0 Å². The van der Waals surface area contributed by atoms with Gasteiger partial charge in [-0.2, -0.15) is 0 Å². The van der Waals surface area contributed by atoms with Crippen molar-refractivity contribution >= 4 is 34.2 Å². The maximum atomic E-state index is 11.7. The lowest BCUT2D eigenvalue weighted by Crippen LogP contribution is -2.06. The highest BCUT2D eigenvalue weighted by molar-refractivity contribution is 7.17. The fourth-order valence-corrected chi connectivity index (χ4v) is 3.72. The van der Waals surface area contributed by atoms with Gasteiger partial charge in [0.1, 0.15) is 11.4 Å². The quantitative estimate of drug-likeness (QED) is 0.245. The lowest BCUT2D eigenvalue weighted by atomic mass is 10.1. The smallest absolute Gasteiger partial charge is 0.311 e. The van der Waals surface area contributed by atoms with E-state index >= 15 is 0 Å². The molecule has 3 aromatic rings. The van der Waals surface area contributed by atoms with Gasteiger partial charge in [-0.1, -0.05) is 0 Å². The molecule has 28 heavy (non-hydrogen) atoms. The number of ether oxygens (including phenoxy) is 2. The second kappa shape index (κ2) is 8.17. The predicted octanol–water partition coefficient (Wildman–Crippen LogP) is 3.29. The second-order valence-electron chi connectivity index (χ2n) is 5.67. The van der Waals surface area contributed by atoms with Crippen LogP contribution in [0.4, 0.5) is 5.69 Å². The highest BCUT2D eigenvalue weighted by atomic mass is 32.1. The molecule has 0 aliphatic heterocycles. The van der Waals surface area contributed by atoms with Crippen molar-refractivity contribution in [3.05, 3.63) is 45.1 Å². The van der Waals surface area contributed by atoms with Crippen LogP contribution in [0.1, 0.15) is 29.2 Å². The lowest BCUT2D eigenvalue weighted by molar-refractivity contribution is -0.385. The number of rotatable bonds is 8. The van der Waals surface area contributed by atoms with Gasteiger partial charge in [0.2, 0.25) is 0 Å². The highest BCUT2D eigenvalue weighted by Crippen LogP contribution is 2.34. The summed E-state index contributed by atoms with van der Waals surface area (Å²) in [6, 6.07) is 4.45. The summed E-state index contributed by atoms with van der Waals surface area (Å²) in [5.41, 5.74) is 0.811. The molecule has 0 amide bonds. The van der Waals surface area contributed by atoms with E-state index in [2.05, 4.69) is 4.98 Å². The minimum atomic E-state index is -0.537. The van der Waals surface area contributed by atoms with Crippen molar-refractivity contribution in [3.63, 3.8) is 0 Å². The van der Waals surface area contributed by atoms with E-state index in [1.807, 2.05) is 0 Å². The molecule has 1 aromatic carbocycles. The third kappa shape index (κ3) is 3.72. The van der Waals surface area contributed by atoms with E-state index in [0.717, 1.165) is 0 Å². The summed E-state index contributed by atoms with van der Waals surface area (Å²) in [5.74, 6) is -0.205. The number of benzene rings is 1. The number of nitro groups is 1. The van der Waals surface area contributed by atoms with Crippen molar-refractivity contribution in [1.29, 1.82) is 0 Å². The van der Waals surface area contributed by atoms with Gasteiger partial charge in [-0.3, -0.25) is 24.1 Å². The summed E-state index contributed by atoms with van der Waals surface area (Å²) in [6.07, 6.45) is 2.38. The number of aldehydes is 1. The maximum absolute atomic E-state index is 11.7. The molecule has 146 valence electrons. The molecular weight excluding hydrogens is 386 g/mol. The Morgan fingerprint density at radius 3 is 2.79 bits per heavy atom. The van der Waals surface area contributed by atoms with E-state index < -0.39 is 4.92 Å². The SMILES string of the molecule is CCOC(=O)Cc1cn2c(C=O)c(-c3ccc(OCC)c([N+](=O)[O-])c3)nc2s1. The van der Waals surface area contributed by atoms with Crippen LogP contribution < -0.4 is 4.74 Å². The molecule has 0 unspecified atom stereocenters. The van der Waals surface area contributed by atoms with Gasteiger partial charge in [0.25, 0.3) is 0 Å². The molecule has 0 radical (unpaired) electrons. The van der Waals surface area contributed by atoms with Gasteiger partial charge in [-0.05, 0) is 26.0 Å². The van der Waals surface area contributed by atoms with Crippen molar-refractivity contribution in [3.8, 4) is 17.0 Å². The van der Waals surface area contributed by atoms with E-state index in [0.29, 0.717) is 40.6 Å². The zero-order chi connectivity index (χ0) is 20.3. The Balaban J connectivity index is 2.03. The Bertz CT molecular complexity index is 1060. The number of thiazole rings is 1. The molecule has 0 fully saturated rings. The first-order valence-electron chi connectivity index (χ1n) is 8.51. The molecular formula is C18H17N3O6S. The van der Waals surface area contributed by atoms with E-state index in [-0.39, 0.29) is 29.5 Å². The van der Waals surface area contributed by atoms with Gasteiger partial charge < -0.3 is 9.47 Å². The molecule has 2 heterocycles. The van der Waals surface area contributed by atoms with E-state index in [1.165, 1.54) is 23.5 Å². The first kappa shape index (κ1) is 19.5. The fourth-order valence-electron chi connectivity index (χ4n) is 2.75. The van der Waals surface area contributed by atoms with E-state index in [9.17, 15) is 19.7 Å². The topological polar surface area (TPSA) is 113 Å². The van der Waals surface area contributed by atoms with Crippen molar-refractivity contribution < 1.29 is 24.0 Å². The van der Waals surface area contributed by atoms with Gasteiger partial charge in [0.15, 0.2) is 17.0 Å². The van der Waals surface area contributed by atoms with Gasteiger partial charge in [-0.15, -0.1) is 11.3 Å².